The highest BCUT2D eigenvalue weighted by molar-refractivity contribution is 7.26. The summed E-state index contributed by atoms with van der Waals surface area (Å²) in [4.78, 5) is 4.26. The fraction of sp³-hybridized carbons (Fsp3) is 0.121. The second-order valence-corrected chi connectivity index (χ2v) is 11.1. The maximum atomic E-state index is 4.26. The first-order chi connectivity index (χ1) is 17.0. The Morgan fingerprint density at radius 2 is 1.09 bits per heavy atom. The second kappa shape index (κ2) is 8.48. The van der Waals surface area contributed by atoms with Crippen molar-refractivity contribution >= 4 is 31.5 Å². The molecular weight excluding hydrogens is 442 g/mol. The number of benzene rings is 4. The third-order valence-electron chi connectivity index (χ3n) is 6.78. The van der Waals surface area contributed by atoms with Crippen LogP contribution in [-0.4, -0.2) is 4.98 Å². The number of aromatic nitrogens is 1. The Hall–Kier alpha value is -3.75. The van der Waals surface area contributed by atoms with Gasteiger partial charge < -0.3 is 0 Å². The Bertz CT molecular complexity index is 1630. The maximum absolute atomic E-state index is 4.26. The molecule has 6 rings (SSSR count). The number of nitrogens with zero attached hydrogens (tertiary/aromatic N) is 1. The molecule has 6 aromatic rings. The largest absolute Gasteiger partial charge is 0.264 e. The summed E-state index contributed by atoms with van der Waals surface area (Å²) in [5.74, 6) is 0. The van der Waals surface area contributed by atoms with Gasteiger partial charge in [0.25, 0.3) is 0 Å². The topological polar surface area (TPSA) is 12.9 Å². The van der Waals surface area contributed by atoms with Crippen LogP contribution >= 0.6 is 11.3 Å². The van der Waals surface area contributed by atoms with Crippen molar-refractivity contribution in [3.05, 3.63) is 115 Å². The summed E-state index contributed by atoms with van der Waals surface area (Å²) >= 11 is 1.90. The molecule has 0 fully saturated rings. The fourth-order valence-electron chi connectivity index (χ4n) is 4.80. The molecule has 35 heavy (non-hydrogen) atoms. The molecule has 0 atom stereocenters. The molecule has 0 N–H and O–H groups in total. The lowest BCUT2D eigenvalue weighted by Gasteiger charge is -2.19. The van der Waals surface area contributed by atoms with Crippen molar-refractivity contribution in [2.75, 3.05) is 0 Å². The monoisotopic (exact) mass is 469 g/mol. The lowest BCUT2D eigenvalue weighted by Crippen LogP contribution is -2.10. The Labute approximate surface area is 210 Å². The summed E-state index contributed by atoms with van der Waals surface area (Å²) in [6.07, 6.45) is 3.73. The Balaban J connectivity index is 1.46. The van der Waals surface area contributed by atoms with Crippen LogP contribution in [0.3, 0.4) is 0 Å². The van der Waals surface area contributed by atoms with E-state index in [1.165, 1.54) is 53.6 Å². The number of rotatable bonds is 3. The minimum Gasteiger partial charge on any atom is -0.264 e. The van der Waals surface area contributed by atoms with Gasteiger partial charge in [-0.3, -0.25) is 4.98 Å². The summed E-state index contributed by atoms with van der Waals surface area (Å²) in [6, 6.07) is 35.4. The third-order valence-corrected chi connectivity index (χ3v) is 8.06. The summed E-state index contributed by atoms with van der Waals surface area (Å²) in [7, 11) is 0. The van der Waals surface area contributed by atoms with Gasteiger partial charge in [-0.25, -0.2) is 0 Å². The Morgan fingerprint density at radius 3 is 1.60 bits per heavy atom. The van der Waals surface area contributed by atoms with Crippen LogP contribution in [0, 0.1) is 0 Å². The molecule has 2 heterocycles. The van der Waals surface area contributed by atoms with Crippen molar-refractivity contribution in [2.24, 2.45) is 0 Å². The van der Waals surface area contributed by atoms with Crippen molar-refractivity contribution < 1.29 is 0 Å². The number of hydrogen-bond acceptors (Lipinski definition) is 2. The molecule has 0 saturated carbocycles. The molecule has 170 valence electrons. The summed E-state index contributed by atoms with van der Waals surface area (Å²) in [6.45, 7) is 6.79. The molecule has 0 amide bonds. The van der Waals surface area contributed by atoms with Crippen LogP contribution in [0.15, 0.2) is 109 Å². The van der Waals surface area contributed by atoms with Crippen molar-refractivity contribution in [1.29, 1.82) is 0 Å². The number of thiophene rings is 1. The van der Waals surface area contributed by atoms with Gasteiger partial charge in [-0.1, -0.05) is 112 Å². The molecule has 0 aliphatic heterocycles. The smallest absolute Gasteiger partial charge is 0.0434 e. The van der Waals surface area contributed by atoms with E-state index in [9.17, 15) is 0 Å². The standard InChI is InChI=1S/C33H27NS/c1-33(2,3)26-18-16-24(17-19-26)28-9-5-11-30-29-10-4-8-27(31(29)35-32(28)30)23-14-12-22(13-15-23)25-7-6-20-34-21-25/h4-21H,1-3H3. The molecule has 0 aliphatic rings. The number of pyridine rings is 1. The quantitative estimate of drug-likeness (QED) is 0.251. The lowest BCUT2D eigenvalue weighted by atomic mass is 9.86. The predicted octanol–water partition coefficient (Wildman–Crippen LogP) is 9.75. The van der Waals surface area contributed by atoms with Crippen molar-refractivity contribution in [2.45, 2.75) is 26.2 Å². The van der Waals surface area contributed by atoms with Crippen LogP contribution in [0.25, 0.3) is 53.6 Å². The molecule has 0 bridgehead atoms. The van der Waals surface area contributed by atoms with E-state index in [4.69, 9.17) is 0 Å². The van der Waals surface area contributed by atoms with Gasteiger partial charge in [0.1, 0.15) is 0 Å². The highest BCUT2D eigenvalue weighted by Gasteiger charge is 2.16. The van der Waals surface area contributed by atoms with Crippen LogP contribution in [0.5, 0.6) is 0 Å². The summed E-state index contributed by atoms with van der Waals surface area (Å²) in [5.41, 5.74) is 8.96. The van der Waals surface area contributed by atoms with Crippen molar-refractivity contribution in [1.82, 2.24) is 4.98 Å². The van der Waals surface area contributed by atoms with E-state index in [-0.39, 0.29) is 5.41 Å². The predicted molar refractivity (Wildman–Crippen MR) is 152 cm³/mol. The number of fused-ring (bicyclic) bond motifs is 3. The van der Waals surface area contributed by atoms with Crippen LogP contribution < -0.4 is 0 Å². The molecule has 0 aliphatic carbocycles. The molecule has 0 saturated heterocycles. The first kappa shape index (κ1) is 21.8. The van der Waals surface area contributed by atoms with Gasteiger partial charge in [0, 0.05) is 32.6 Å². The van der Waals surface area contributed by atoms with Gasteiger partial charge in [0.2, 0.25) is 0 Å². The minimum absolute atomic E-state index is 0.156. The highest BCUT2D eigenvalue weighted by atomic mass is 32.1. The van der Waals surface area contributed by atoms with Crippen molar-refractivity contribution in [3.8, 4) is 33.4 Å². The van der Waals surface area contributed by atoms with Crippen molar-refractivity contribution in [3.63, 3.8) is 0 Å². The van der Waals surface area contributed by atoms with Gasteiger partial charge >= 0.3 is 0 Å². The average Bonchev–Trinajstić information content (AvgIpc) is 3.28. The zero-order chi connectivity index (χ0) is 24.0. The van der Waals surface area contributed by atoms with Gasteiger partial charge in [0.05, 0.1) is 0 Å². The van der Waals surface area contributed by atoms with Gasteiger partial charge in [-0.2, -0.15) is 0 Å². The van der Waals surface area contributed by atoms with Crippen LogP contribution in [0.2, 0.25) is 0 Å². The summed E-state index contributed by atoms with van der Waals surface area (Å²) in [5, 5.41) is 2.66. The molecule has 4 aromatic carbocycles. The van der Waals surface area contributed by atoms with E-state index in [2.05, 4.69) is 117 Å². The zero-order valence-electron chi connectivity index (χ0n) is 20.2. The molecular formula is C33H27NS. The van der Waals surface area contributed by atoms with Gasteiger partial charge in [-0.15, -0.1) is 11.3 Å². The first-order valence-corrected chi connectivity index (χ1v) is 12.9. The van der Waals surface area contributed by atoms with E-state index >= 15 is 0 Å². The molecule has 1 nitrogen and oxygen atoms in total. The van der Waals surface area contributed by atoms with E-state index in [0.717, 1.165) is 5.56 Å². The Morgan fingerprint density at radius 1 is 0.543 bits per heavy atom. The van der Waals surface area contributed by atoms with Gasteiger partial charge in [0.15, 0.2) is 0 Å². The fourth-order valence-corrected chi connectivity index (χ4v) is 6.17. The van der Waals surface area contributed by atoms with E-state index in [1.54, 1.807) is 0 Å². The molecule has 2 aromatic heterocycles. The first-order valence-electron chi connectivity index (χ1n) is 12.0. The number of hydrogen-bond donors (Lipinski definition) is 0. The van der Waals surface area contributed by atoms with E-state index in [1.807, 2.05) is 29.8 Å². The zero-order valence-corrected chi connectivity index (χ0v) is 21.1. The molecule has 0 radical (unpaired) electrons. The Kier molecular flexibility index (Phi) is 5.27. The van der Waals surface area contributed by atoms with E-state index < -0.39 is 0 Å². The highest BCUT2D eigenvalue weighted by Crippen LogP contribution is 2.44. The normalized spacial score (nSPS) is 11.9. The maximum Gasteiger partial charge on any atom is 0.0434 e. The van der Waals surface area contributed by atoms with Crippen LogP contribution in [0.1, 0.15) is 26.3 Å². The minimum atomic E-state index is 0.156. The van der Waals surface area contributed by atoms with E-state index in [0.29, 0.717) is 0 Å². The third kappa shape index (κ3) is 3.94. The second-order valence-electron chi connectivity index (χ2n) is 10.1. The molecule has 0 spiro atoms. The van der Waals surface area contributed by atoms with Crippen LogP contribution in [-0.2, 0) is 5.41 Å². The molecule has 0 unspecified atom stereocenters. The lowest BCUT2D eigenvalue weighted by molar-refractivity contribution is 0.590. The van der Waals surface area contributed by atoms with Gasteiger partial charge in [-0.05, 0) is 50.4 Å². The summed E-state index contributed by atoms with van der Waals surface area (Å²) < 4.78 is 2.70. The molecule has 2 heteroatoms. The SMILES string of the molecule is CC(C)(C)c1ccc(-c2cccc3c2sc2c(-c4ccc(-c5cccnc5)cc4)cccc23)cc1. The average molecular weight is 470 g/mol. The van der Waals surface area contributed by atoms with Crippen LogP contribution in [0.4, 0.5) is 0 Å².